The van der Waals surface area contributed by atoms with Gasteiger partial charge in [-0.15, -0.1) is 0 Å². The molecule has 0 aliphatic rings. The second-order valence-electron chi connectivity index (χ2n) is 2.07. The highest BCUT2D eigenvalue weighted by atomic mass is 13.9. The van der Waals surface area contributed by atoms with Crippen molar-refractivity contribution < 1.29 is 0 Å². The Hall–Kier alpha value is -0.780. The Morgan fingerprint density at radius 2 is 1.78 bits per heavy atom. The van der Waals surface area contributed by atoms with Gasteiger partial charge in [0.1, 0.15) is 0 Å². The molecule has 0 amide bonds. The molecule has 0 fully saturated rings. The summed E-state index contributed by atoms with van der Waals surface area (Å²) in [5.41, 5.74) is 2.53. The molecule has 0 atom stereocenters. The maximum Gasteiger partial charge on any atom is -0.0395 e. The normalized spacial score (nSPS) is 13.7. The van der Waals surface area contributed by atoms with Crippen LogP contribution in [-0.4, -0.2) is 0 Å². The summed E-state index contributed by atoms with van der Waals surface area (Å²) in [5.74, 6) is 0. The second kappa shape index (κ2) is 4.13. The number of hydrogen-bond acceptors (Lipinski definition) is 0. The van der Waals surface area contributed by atoms with Gasteiger partial charge in [0.05, 0.1) is 0 Å². The lowest BCUT2D eigenvalue weighted by Gasteiger charge is -1.93. The molecule has 0 saturated carbocycles. The monoisotopic (exact) mass is 122 g/mol. The SMILES string of the molecule is C=C/C(C)=C(C)\C=C\C. The zero-order chi connectivity index (χ0) is 7.28. The van der Waals surface area contributed by atoms with Crippen LogP contribution in [0.25, 0.3) is 0 Å². The Kier molecular flexibility index (Phi) is 3.78. The predicted molar refractivity (Wildman–Crippen MR) is 43.4 cm³/mol. The lowest BCUT2D eigenvalue weighted by Crippen LogP contribution is -1.73. The molecule has 0 spiro atoms. The lowest BCUT2D eigenvalue weighted by molar-refractivity contribution is 1.37. The zero-order valence-electron chi connectivity index (χ0n) is 6.44. The van der Waals surface area contributed by atoms with Gasteiger partial charge in [-0.3, -0.25) is 0 Å². The zero-order valence-corrected chi connectivity index (χ0v) is 6.44. The minimum atomic E-state index is 1.24. The van der Waals surface area contributed by atoms with Crippen LogP contribution in [-0.2, 0) is 0 Å². The molecular formula is C9H14. The van der Waals surface area contributed by atoms with Crippen molar-refractivity contribution >= 4 is 0 Å². The van der Waals surface area contributed by atoms with Crippen LogP contribution in [0.3, 0.4) is 0 Å². The molecule has 0 rings (SSSR count). The molecule has 0 radical (unpaired) electrons. The van der Waals surface area contributed by atoms with E-state index in [4.69, 9.17) is 0 Å². The molecule has 9 heavy (non-hydrogen) atoms. The molecule has 0 aliphatic heterocycles. The Morgan fingerprint density at radius 3 is 2.11 bits per heavy atom. The van der Waals surface area contributed by atoms with Crippen LogP contribution < -0.4 is 0 Å². The number of rotatable bonds is 2. The van der Waals surface area contributed by atoms with E-state index in [2.05, 4.69) is 26.5 Å². The quantitative estimate of drug-likeness (QED) is 0.494. The summed E-state index contributed by atoms with van der Waals surface area (Å²) in [6, 6.07) is 0. The van der Waals surface area contributed by atoms with Crippen LogP contribution in [0.5, 0.6) is 0 Å². The summed E-state index contributed by atoms with van der Waals surface area (Å²) in [7, 11) is 0. The predicted octanol–water partition coefficient (Wildman–Crippen LogP) is 3.08. The Morgan fingerprint density at radius 1 is 1.22 bits per heavy atom. The minimum Gasteiger partial charge on any atom is -0.0988 e. The topological polar surface area (TPSA) is 0 Å². The van der Waals surface area contributed by atoms with Crippen LogP contribution >= 0.6 is 0 Å². The summed E-state index contributed by atoms with van der Waals surface area (Å²) >= 11 is 0. The van der Waals surface area contributed by atoms with E-state index >= 15 is 0 Å². The van der Waals surface area contributed by atoms with Gasteiger partial charge in [-0.05, 0) is 31.9 Å². The van der Waals surface area contributed by atoms with E-state index in [1.54, 1.807) is 0 Å². The third-order valence-electron chi connectivity index (χ3n) is 1.34. The Balaban J connectivity index is 4.27. The first-order chi connectivity index (χ1) is 4.22. The van der Waals surface area contributed by atoms with Gasteiger partial charge in [0.25, 0.3) is 0 Å². The molecule has 0 heteroatoms. The van der Waals surface area contributed by atoms with Crippen LogP contribution in [0.15, 0.2) is 36.0 Å². The van der Waals surface area contributed by atoms with E-state index in [9.17, 15) is 0 Å². The molecule has 0 aromatic rings. The van der Waals surface area contributed by atoms with Crippen LogP contribution in [0.4, 0.5) is 0 Å². The fraction of sp³-hybridized carbons (Fsp3) is 0.333. The highest BCUT2D eigenvalue weighted by Crippen LogP contribution is 2.04. The number of allylic oxidation sites excluding steroid dienone is 5. The van der Waals surface area contributed by atoms with E-state index in [1.807, 2.05) is 19.1 Å². The molecule has 0 heterocycles. The van der Waals surface area contributed by atoms with Gasteiger partial charge in [-0.25, -0.2) is 0 Å². The largest absolute Gasteiger partial charge is 0.0988 e. The van der Waals surface area contributed by atoms with Crippen LogP contribution in [0, 0.1) is 0 Å². The van der Waals surface area contributed by atoms with Crippen LogP contribution in [0.1, 0.15) is 20.8 Å². The summed E-state index contributed by atoms with van der Waals surface area (Å²) in [6.07, 6.45) is 5.98. The molecule has 0 bridgehead atoms. The van der Waals surface area contributed by atoms with Gasteiger partial charge in [0.2, 0.25) is 0 Å². The Labute approximate surface area is 57.6 Å². The highest BCUT2D eigenvalue weighted by Gasteiger charge is 1.83. The smallest absolute Gasteiger partial charge is 0.0395 e. The van der Waals surface area contributed by atoms with Crippen molar-refractivity contribution in [2.45, 2.75) is 20.8 Å². The van der Waals surface area contributed by atoms with E-state index in [0.717, 1.165) is 0 Å². The maximum atomic E-state index is 3.67. The summed E-state index contributed by atoms with van der Waals surface area (Å²) in [6.45, 7) is 9.82. The molecule has 0 N–H and O–H groups in total. The van der Waals surface area contributed by atoms with Crippen molar-refractivity contribution in [1.82, 2.24) is 0 Å². The minimum absolute atomic E-state index is 1.24. The Bertz CT molecular complexity index is 147. The van der Waals surface area contributed by atoms with E-state index in [-0.39, 0.29) is 0 Å². The number of hydrogen-bond donors (Lipinski definition) is 0. The van der Waals surface area contributed by atoms with Gasteiger partial charge in [-0.1, -0.05) is 24.8 Å². The molecule has 0 unspecified atom stereocenters. The second-order valence-corrected chi connectivity index (χ2v) is 2.07. The fourth-order valence-corrected chi connectivity index (χ4v) is 0.542. The van der Waals surface area contributed by atoms with Crippen molar-refractivity contribution in [2.75, 3.05) is 0 Å². The molecule has 0 aliphatic carbocycles. The summed E-state index contributed by atoms with van der Waals surface area (Å²) in [4.78, 5) is 0. The van der Waals surface area contributed by atoms with Crippen molar-refractivity contribution in [3.63, 3.8) is 0 Å². The first kappa shape index (κ1) is 8.22. The van der Waals surface area contributed by atoms with Crippen molar-refractivity contribution in [2.24, 2.45) is 0 Å². The molecule has 0 aromatic carbocycles. The molecule has 0 aromatic heterocycles. The average Bonchev–Trinajstić information content (AvgIpc) is 1.87. The fourth-order valence-electron chi connectivity index (χ4n) is 0.542. The molecular weight excluding hydrogens is 108 g/mol. The molecule has 50 valence electrons. The van der Waals surface area contributed by atoms with Crippen molar-refractivity contribution in [3.05, 3.63) is 36.0 Å². The van der Waals surface area contributed by atoms with Crippen LogP contribution in [0.2, 0.25) is 0 Å². The first-order valence-corrected chi connectivity index (χ1v) is 3.15. The van der Waals surface area contributed by atoms with Gasteiger partial charge in [-0.2, -0.15) is 0 Å². The average molecular weight is 122 g/mol. The van der Waals surface area contributed by atoms with Gasteiger partial charge in [0.15, 0.2) is 0 Å². The van der Waals surface area contributed by atoms with Gasteiger partial charge in [0, 0.05) is 0 Å². The third-order valence-corrected chi connectivity index (χ3v) is 1.34. The maximum absolute atomic E-state index is 3.67. The van der Waals surface area contributed by atoms with Gasteiger partial charge < -0.3 is 0 Å². The highest BCUT2D eigenvalue weighted by molar-refractivity contribution is 5.28. The molecule has 0 nitrogen and oxygen atoms in total. The van der Waals surface area contributed by atoms with Crippen molar-refractivity contribution in [3.8, 4) is 0 Å². The summed E-state index contributed by atoms with van der Waals surface area (Å²) < 4.78 is 0. The van der Waals surface area contributed by atoms with E-state index in [1.165, 1.54) is 11.1 Å². The summed E-state index contributed by atoms with van der Waals surface area (Å²) in [5, 5.41) is 0. The van der Waals surface area contributed by atoms with Crippen molar-refractivity contribution in [1.29, 1.82) is 0 Å². The van der Waals surface area contributed by atoms with E-state index in [0.29, 0.717) is 0 Å². The third kappa shape index (κ3) is 2.91. The van der Waals surface area contributed by atoms with E-state index < -0.39 is 0 Å². The van der Waals surface area contributed by atoms with Gasteiger partial charge >= 0.3 is 0 Å². The lowest BCUT2D eigenvalue weighted by atomic mass is 10.1. The molecule has 0 saturated heterocycles. The first-order valence-electron chi connectivity index (χ1n) is 3.15. The standard InChI is InChI=1S/C9H14/c1-5-7-9(4)8(3)6-2/h5-7H,2H2,1,3-4H3/b7-5+,9-8-.